The molecule has 0 aliphatic rings. The molecule has 3 rings (SSSR count). The second kappa shape index (κ2) is 9.75. The van der Waals surface area contributed by atoms with Crippen molar-refractivity contribution < 1.29 is 19.0 Å². The minimum absolute atomic E-state index is 0.143. The molecule has 0 saturated heterocycles. The van der Waals surface area contributed by atoms with Gasteiger partial charge < -0.3 is 24.8 Å². The lowest BCUT2D eigenvalue weighted by Crippen LogP contribution is -2.25. The number of nitrogens with one attached hydrogen (secondary N) is 2. The Morgan fingerprint density at radius 1 is 1.00 bits per heavy atom. The minimum Gasteiger partial charge on any atom is -0.493 e. The zero-order valence-corrected chi connectivity index (χ0v) is 16.8. The predicted molar refractivity (Wildman–Crippen MR) is 113 cm³/mol. The molecule has 0 atom stereocenters. The first-order valence-electron chi connectivity index (χ1n) is 9.32. The summed E-state index contributed by atoms with van der Waals surface area (Å²) in [5.41, 5.74) is 2.08. The number of aromatic nitrogens is 1. The molecule has 1 heterocycles. The SMILES string of the molecule is COCCCNC(=O)c1cc(Nc2ccc(OC)c(OC)c2)nc2ccccc12. The Bertz CT molecular complexity index is 991. The van der Waals surface area contributed by atoms with Gasteiger partial charge in [0.1, 0.15) is 5.82 Å². The van der Waals surface area contributed by atoms with Gasteiger partial charge in [0.25, 0.3) is 5.91 Å². The van der Waals surface area contributed by atoms with Gasteiger partial charge in [0.05, 0.1) is 25.3 Å². The maximum atomic E-state index is 12.8. The summed E-state index contributed by atoms with van der Waals surface area (Å²) in [5.74, 6) is 1.67. The lowest BCUT2D eigenvalue weighted by molar-refractivity contribution is 0.0950. The van der Waals surface area contributed by atoms with Crippen molar-refractivity contribution in [3.63, 3.8) is 0 Å². The van der Waals surface area contributed by atoms with E-state index in [2.05, 4.69) is 15.6 Å². The van der Waals surface area contributed by atoms with Crippen LogP contribution in [0.4, 0.5) is 11.5 Å². The molecule has 7 heteroatoms. The van der Waals surface area contributed by atoms with E-state index in [1.54, 1.807) is 27.4 Å². The number of carbonyl (C=O) groups excluding carboxylic acids is 1. The third-order valence-electron chi connectivity index (χ3n) is 4.43. The fourth-order valence-corrected chi connectivity index (χ4v) is 3.00. The van der Waals surface area contributed by atoms with E-state index in [9.17, 15) is 4.79 Å². The molecular weight excluding hydrogens is 370 g/mol. The van der Waals surface area contributed by atoms with Crippen LogP contribution in [-0.2, 0) is 4.74 Å². The number of amides is 1. The average Bonchev–Trinajstić information content (AvgIpc) is 2.76. The van der Waals surface area contributed by atoms with Gasteiger partial charge in [-0.2, -0.15) is 0 Å². The van der Waals surface area contributed by atoms with Gasteiger partial charge >= 0.3 is 0 Å². The van der Waals surface area contributed by atoms with E-state index in [-0.39, 0.29) is 5.91 Å². The van der Waals surface area contributed by atoms with E-state index >= 15 is 0 Å². The van der Waals surface area contributed by atoms with Gasteiger partial charge in [-0.3, -0.25) is 4.79 Å². The maximum absolute atomic E-state index is 12.8. The first-order valence-corrected chi connectivity index (χ1v) is 9.32. The van der Waals surface area contributed by atoms with Crippen molar-refractivity contribution in [1.29, 1.82) is 0 Å². The molecule has 152 valence electrons. The Labute approximate surface area is 170 Å². The number of rotatable bonds is 9. The normalized spacial score (nSPS) is 10.6. The Morgan fingerprint density at radius 2 is 1.79 bits per heavy atom. The summed E-state index contributed by atoms with van der Waals surface area (Å²) in [6.45, 7) is 1.14. The molecule has 3 aromatic rings. The van der Waals surface area contributed by atoms with Crippen LogP contribution in [-0.4, -0.2) is 45.4 Å². The number of para-hydroxylation sites is 1. The molecule has 1 aromatic heterocycles. The summed E-state index contributed by atoms with van der Waals surface area (Å²) in [4.78, 5) is 17.4. The highest BCUT2D eigenvalue weighted by atomic mass is 16.5. The molecule has 0 radical (unpaired) electrons. The molecule has 0 spiro atoms. The number of carbonyl (C=O) groups is 1. The number of anilines is 2. The third kappa shape index (κ3) is 4.94. The van der Waals surface area contributed by atoms with Crippen LogP contribution in [0.3, 0.4) is 0 Å². The molecule has 2 aromatic carbocycles. The van der Waals surface area contributed by atoms with E-state index < -0.39 is 0 Å². The van der Waals surface area contributed by atoms with Gasteiger partial charge in [0.2, 0.25) is 0 Å². The summed E-state index contributed by atoms with van der Waals surface area (Å²) in [5, 5.41) is 6.99. The van der Waals surface area contributed by atoms with Gasteiger partial charge in [-0.15, -0.1) is 0 Å². The average molecular weight is 395 g/mol. The van der Waals surface area contributed by atoms with Crippen molar-refractivity contribution in [2.75, 3.05) is 39.8 Å². The monoisotopic (exact) mass is 395 g/mol. The fourth-order valence-electron chi connectivity index (χ4n) is 3.00. The molecule has 0 saturated carbocycles. The molecule has 0 fully saturated rings. The van der Waals surface area contributed by atoms with Gasteiger partial charge in [-0.1, -0.05) is 18.2 Å². The molecule has 0 aliphatic carbocycles. The first kappa shape index (κ1) is 20.4. The quantitative estimate of drug-likeness (QED) is 0.537. The smallest absolute Gasteiger partial charge is 0.252 e. The van der Waals surface area contributed by atoms with Crippen LogP contribution >= 0.6 is 0 Å². The van der Waals surface area contributed by atoms with Gasteiger partial charge in [-0.25, -0.2) is 4.98 Å². The van der Waals surface area contributed by atoms with Crippen LogP contribution in [0.25, 0.3) is 10.9 Å². The summed E-state index contributed by atoms with van der Waals surface area (Å²) >= 11 is 0. The van der Waals surface area contributed by atoms with E-state index in [1.807, 2.05) is 42.5 Å². The summed E-state index contributed by atoms with van der Waals surface area (Å²) in [7, 11) is 4.82. The van der Waals surface area contributed by atoms with Crippen molar-refractivity contribution in [3.8, 4) is 11.5 Å². The number of hydrogen-bond acceptors (Lipinski definition) is 6. The van der Waals surface area contributed by atoms with Crippen molar-refractivity contribution in [2.45, 2.75) is 6.42 Å². The second-order valence-corrected chi connectivity index (χ2v) is 6.37. The molecular formula is C22H25N3O4. The Morgan fingerprint density at radius 3 is 2.55 bits per heavy atom. The van der Waals surface area contributed by atoms with E-state index in [4.69, 9.17) is 14.2 Å². The highest BCUT2D eigenvalue weighted by Crippen LogP contribution is 2.31. The Kier molecular flexibility index (Phi) is 6.86. The Hall–Kier alpha value is -3.32. The lowest BCUT2D eigenvalue weighted by Gasteiger charge is -2.13. The number of nitrogens with zero attached hydrogens (tertiary/aromatic N) is 1. The van der Waals surface area contributed by atoms with Crippen molar-refractivity contribution in [1.82, 2.24) is 10.3 Å². The molecule has 0 bridgehead atoms. The molecule has 0 unspecified atom stereocenters. The zero-order chi connectivity index (χ0) is 20.6. The van der Waals surface area contributed by atoms with Crippen LogP contribution in [0, 0.1) is 0 Å². The van der Waals surface area contributed by atoms with Crippen molar-refractivity contribution in [2.24, 2.45) is 0 Å². The summed E-state index contributed by atoms with van der Waals surface area (Å²) in [6.07, 6.45) is 0.752. The van der Waals surface area contributed by atoms with Crippen LogP contribution in [0.2, 0.25) is 0 Å². The number of hydrogen-bond donors (Lipinski definition) is 2. The highest BCUT2D eigenvalue weighted by Gasteiger charge is 2.13. The largest absolute Gasteiger partial charge is 0.493 e. The van der Waals surface area contributed by atoms with Crippen molar-refractivity contribution in [3.05, 3.63) is 54.1 Å². The lowest BCUT2D eigenvalue weighted by atomic mass is 10.1. The number of benzene rings is 2. The topological polar surface area (TPSA) is 81.7 Å². The molecule has 29 heavy (non-hydrogen) atoms. The number of ether oxygens (including phenoxy) is 3. The zero-order valence-electron chi connectivity index (χ0n) is 16.8. The van der Waals surface area contributed by atoms with E-state index in [0.29, 0.717) is 36.0 Å². The highest BCUT2D eigenvalue weighted by molar-refractivity contribution is 6.07. The first-order chi connectivity index (χ1) is 14.2. The molecule has 0 aliphatic heterocycles. The van der Waals surface area contributed by atoms with Crippen LogP contribution in [0.5, 0.6) is 11.5 Å². The summed E-state index contributed by atoms with van der Waals surface area (Å²) < 4.78 is 15.7. The minimum atomic E-state index is -0.143. The van der Waals surface area contributed by atoms with E-state index in [1.165, 1.54) is 0 Å². The van der Waals surface area contributed by atoms with Crippen LogP contribution in [0.1, 0.15) is 16.8 Å². The van der Waals surface area contributed by atoms with Gasteiger partial charge in [0, 0.05) is 37.4 Å². The van der Waals surface area contributed by atoms with Crippen LogP contribution < -0.4 is 20.1 Å². The van der Waals surface area contributed by atoms with Crippen LogP contribution in [0.15, 0.2) is 48.5 Å². The molecule has 1 amide bonds. The number of methoxy groups -OCH3 is 3. The second-order valence-electron chi connectivity index (χ2n) is 6.37. The standard InChI is InChI=1S/C22H25N3O4/c1-27-12-6-11-23-22(26)17-14-21(25-18-8-5-4-7-16(17)18)24-15-9-10-19(28-2)20(13-15)29-3/h4-5,7-10,13-14H,6,11-12H2,1-3H3,(H,23,26)(H,24,25). The van der Waals surface area contributed by atoms with E-state index in [0.717, 1.165) is 23.0 Å². The van der Waals surface area contributed by atoms with Gasteiger partial charge in [0.15, 0.2) is 11.5 Å². The fraction of sp³-hybridized carbons (Fsp3) is 0.273. The Balaban J connectivity index is 1.90. The molecule has 2 N–H and O–H groups in total. The van der Waals surface area contributed by atoms with Gasteiger partial charge in [-0.05, 0) is 30.7 Å². The third-order valence-corrected chi connectivity index (χ3v) is 4.43. The maximum Gasteiger partial charge on any atom is 0.252 e. The molecule has 7 nitrogen and oxygen atoms in total. The van der Waals surface area contributed by atoms with Crippen molar-refractivity contribution >= 4 is 28.3 Å². The summed E-state index contributed by atoms with van der Waals surface area (Å²) in [6, 6.07) is 14.8. The number of fused-ring (bicyclic) bond motifs is 1. The number of pyridine rings is 1. The predicted octanol–water partition coefficient (Wildman–Crippen LogP) is 3.76.